The molecule has 8 nitrogen and oxygen atoms in total. The fraction of sp³-hybridized carbons (Fsp3) is 0.533. The maximum absolute atomic E-state index is 12.9. The Morgan fingerprint density at radius 1 is 1.07 bits per heavy atom. The Morgan fingerprint density at radius 3 is 2.45 bits per heavy atom. The quantitative estimate of drug-likeness (QED) is 0.399. The van der Waals surface area contributed by atoms with Crippen LogP contribution in [0.1, 0.15) is 51.3 Å². The fourth-order valence-corrected chi connectivity index (χ4v) is 7.96. The number of rotatable bonds is 8. The Bertz CT molecular complexity index is 1510. The van der Waals surface area contributed by atoms with Crippen molar-refractivity contribution in [3.05, 3.63) is 59.2 Å². The van der Waals surface area contributed by atoms with E-state index < -0.39 is 22.1 Å². The molecule has 0 bridgehead atoms. The molecule has 2 aromatic carbocycles. The Labute approximate surface area is 242 Å². The number of carbonyl (C=O) groups excluding carboxylic acids is 1. The lowest BCUT2D eigenvalue weighted by Gasteiger charge is -2.37. The van der Waals surface area contributed by atoms with Gasteiger partial charge in [0, 0.05) is 55.0 Å². The highest BCUT2D eigenvalue weighted by Gasteiger charge is 2.52. The molecule has 40 heavy (non-hydrogen) atoms. The van der Waals surface area contributed by atoms with E-state index in [0.717, 1.165) is 51.2 Å². The Hall–Kier alpha value is -2.53. The molecule has 1 aliphatic carbocycles. The topological polar surface area (TPSA) is 91.8 Å². The van der Waals surface area contributed by atoms with Crippen molar-refractivity contribution in [2.24, 2.45) is 0 Å². The number of amides is 1. The van der Waals surface area contributed by atoms with E-state index in [1.54, 1.807) is 11.5 Å². The van der Waals surface area contributed by atoms with Crippen LogP contribution in [0.15, 0.2) is 42.5 Å². The minimum absolute atomic E-state index is 0.210. The molecule has 1 N–H and O–H groups in total. The average Bonchev–Trinajstić information content (AvgIpc) is 3.38. The summed E-state index contributed by atoms with van der Waals surface area (Å²) >= 11 is 1.57. The predicted octanol–water partition coefficient (Wildman–Crippen LogP) is 4.08. The molecule has 1 saturated heterocycles. The van der Waals surface area contributed by atoms with E-state index in [0.29, 0.717) is 0 Å². The van der Waals surface area contributed by atoms with Gasteiger partial charge in [0.15, 0.2) is 6.10 Å². The fourth-order valence-electron chi connectivity index (χ4n) is 6.55. The third-order valence-corrected chi connectivity index (χ3v) is 10.1. The summed E-state index contributed by atoms with van der Waals surface area (Å²) in [5.41, 5.74) is 3.08. The number of nitrogens with zero attached hydrogens (tertiary/aromatic N) is 3. The van der Waals surface area contributed by atoms with Crippen LogP contribution in [0.25, 0.3) is 10.1 Å². The summed E-state index contributed by atoms with van der Waals surface area (Å²) in [5.74, 6) is 0.692. The Balaban J connectivity index is 1.22. The first kappa shape index (κ1) is 29.0. The number of benzene rings is 2. The van der Waals surface area contributed by atoms with E-state index >= 15 is 0 Å². The third-order valence-electron chi connectivity index (χ3n) is 8.64. The second-order valence-electron chi connectivity index (χ2n) is 12.3. The second-order valence-corrected chi connectivity index (χ2v) is 14.7. The molecule has 0 spiro atoms. The number of hydrogen-bond acceptors (Lipinski definition) is 8. The number of carbonyl (C=O) groups is 1. The van der Waals surface area contributed by atoms with Gasteiger partial charge in [-0.2, -0.15) is 12.8 Å². The first-order valence-corrected chi connectivity index (χ1v) is 16.5. The second kappa shape index (κ2) is 10.7. The van der Waals surface area contributed by atoms with Crippen LogP contribution in [-0.4, -0.2) is 74.7 Å². The van der Waals surface area contributed by atoms with Gasteiger partial charge in [0.1, 0.15) is 5.82 Å². The van der Waals surface area contributed by atoms with Gasteiger partial charge in [-0.05, 0) is 53.7 Å². The van der Waals surface area contributed by atoms with Gasteiger partial charge in [-0.3, -0.25) is 13.9 Å². The van der Waals surface area contributed by atoms with Crippen LogP contribution in [0.3, 0.4) is 0 Å². The number of nitrogens with one attached hydrogen (secondary N) is 1. The van der Waals surface area contributed by atoms with Gasteiger partial charge in [0.25, 0.3) is 16.0 Å². The first-order valence-electron chi connectivity index (χ1n) is 13.9. The van der Waals surface area contributed by atoms with Crippen molar-refractivity contribution in [2.45, 2.75) is 64.0 Å². The smallest absolute Gasteiger partial charge is 0.265 e. The molecule has 1 fully saturated rings. The molecule has 3 aromatic rings. The number of fused-ring (bicyclic) bond motifs is 2. The zero-order valence-corrected chi connectivity index (χ0v) is 25.9. The maximum Gasteiger partial charge on any atom is 0.265 e. The van der Waals surface area contributed by atoms with E-state index in [2.05, 4.69) is 85.3 Å². The van der Waals surface area contributed by atoms with Crippen LogP contribution in [0.5, 0.6) is 0 Å². The number of hydrogen-bond donors (Lipinski definition) is 1. The van der Waals surface area contributed by atoms with E-state index in [-0.39, 0.29) is 16.9 Å². The van der Waals surface area contributed by atoms with E-state index in [9.17, 15) is 13.2 Å². The molecule has 5 rings (SSSR count). The monoisotopic (exact) mass is 584 g/mol. The summed E-state index contributed by atoms with van der Waals surface area (Å²) in [5, 5.41) is 4.36. The van der Waals surface area contributed by atoms with Gasteiger partial charge in [-0.15, -0.1) is 0 Å². The summed E-state index contributed by atoms with van der Waals surface area (Å²) in [6.07, 6.45) is 0.829. The van der Waals surface area contributed by atoms with Gasteiger partial charge in [-0.1, -0.05) is 58.0 Å². The molecule has 2 unspecified atom stereocenters. The van der Waals surface area contributed by atoms with Crippen LogP contribution in [0.4, 0.5) is 5.82 Å². The standard InChI is InChI=1S/C30H40N4O4S2/c1-20(38-40(6,36)37)27(35)31-28-29(2,3)23-12-11-21(19-24(23)30(28,4)5)13-14-33-15-17-34(18-16-33)26-22-9-7-8-10-25(22)39-32-26/h7-12,19-20,28H,13-18H2,1-6H3,(H,31,35). The predicted molar refractivity (Wildman–Crippen MR) is 162 cm³/mol. The summed E-state index contributed by atoms with van der Waals surface area (Å²) < 4.78 is 34.0. The third kappa shape index (κ3) is 5.64. The number of aromatic nitrogens is 1. The zero-order chi connectivity index (χ0) is 28.9. The van der Waals surface area contributed by atoms with Crippen molar-refractivity contribution in [1.82, 2.24) is 14.6 Å². The molecule has 1 amide bonds. The van der Waals surface area contributed by atoms with Crippen LogP contribution in [0.2, 0.25) is 0 Å². The SMILES string of the molecule is CC(OS(C)(=O)=O)C(=O)NC1C(C)(C)c2ccc(CCN3CCN(c4nsc5ccccc45)CC3)cc2C1(C)C. The lowest BCUT2D eigenvalue weighted by molar-refractivity contribution is -0.128. The van der Waals surface area contributed by atoms with E-state index in [4.69, 9.17) is 8.56 Å². The van der Waals surface area contributed by atoms with Crippen molar-refractivity contribution in [2.75, 3.05) is 43.9 Å². The van der Waals surface area contributed by atoms with Crippen LogP contribution in [-0.2, 0) is 36.3 Å². The summed E-state index contributed by atoms with van der Waals surface area (Å²) in [4.78, 5) is 17.8. The van der Waals surface area contributed by atoms with Crippen molar-refractivity contribution in [3.63, 3.8) is 0 Å². The lowest BCUT2D eigenvalue weighted by atomic mass is 9.75. The number of anilines is 1. The average molecular weight is 585 g/mol. The molecule has 1 aliphatic heterocycles. The van der Waals surface area contributed by atoms with Gasteiger partial charge < -0.3 is 10.2 Å². The normalized spacial score (nSPS) is 21.4. The molecule has 1 aromatic heterocycles. The minimum atomic E-state index is -3.73. The first-order chi connectivity index (χ1) is 18.8. The van der Waals surface area contributed by atoms with E-state index in [1.165, 1.54) is 33.7 Å². The highest BCUT2D eigenvalue weighted by molar-refractivity contribution is 7.86. The van der Waals surface area contributed by atoms with E-state index in [1.807, 2.05) is 0 Å². The molecular weight excluding hydrogens is 544 g/mol. The molecular formula is C30H40N4O4S2. The Kier molecular flexibility index (Phi) is 7.76. The highest BCUT2D eigenvalue weighted by atomic mass is 32.2. The summed E-state index contributed by atoms with van der Waals surface area (Å²) in [6.45, 7) is 15.0. The lowest BCUT2D eigenvalue weighted by Crippen LogP contribution is -2.54. The zero-order valence-electron chi connectivity index (χ0n) is 24.2. The maximum atomic E-state index is 12.9. The van der Waals surface area contributed by atoms with Crippen LogP contribution in [0, 0.1) is 0 Å². The van der Waals surface area contributed by atoms with Crippen molar-refractivity contribution in [3.8, 4) is 0 Å². The molecule has 0 radical (unpaired) electrons. The van der Waals surface area contributed by atoms with Gasteiger partial charge in [0.05, 0.1) is 11.0 Å². The van der Waals surface area contributed by atoms with Gasteiger partial charge in [-0.25, -0.2) is 0 Å². The number of piperazine rings is 1. The van der Waals surface area contributed by atoms with Crippen molar-refractivity contribution >= 4 is 43.5 Å². The molecule has 2 atom stereocenters. The highest BCUT2D eigenvalue weighted by Crippen LogP contribution is 2.49. The Morgan fingerprint density at radius 2 is 1.75 bits per heavy atom. The van der Waals surface area contributed by atoms with Crippen molar-refractivity contribution < 1.29 is 17.4 Å². The van der Waals surface area contributed by atoms with Crippen LogP contribution < -0.4 is 10.2 Å². The minimum Gasteiger partial charge on any atom is -0.353 e. The summed E-state index contributed by atoms with van der Waals surface area (Å²) in [7, 11) is -3.73. The molecule has 2 heterocycles. The van der Waals surface area contributed by atoms with Gasteiger partial charge >= 0.3 is 0 Å². The molecule has 10 heteroatoms. The molecule has 216 valence electrons. The molecule has 2 aliphatic rings. The largest absolute Gasteiger partial charge is 0.353 e. The summed E-state index contributed by atoms with van der Waals surface area (Å²) in [6, 6.07) is 15.0. The van der Waals surface area contributed by atoms with Gasteiger partial charge in [0.2, 0.25) is 0 Å². The molecule has 0 saturated carbocycles. The van der Waals surface area contributed by atoms with Crippen molar-refractivity contribution in [1.29, 1.82) is 0 Å². The van der Waals surface area contributed by atoms with Crippen LogP contribution >= 0.6 is 11.5 Å².